The second-order valence-electron chi connectivity index (χ2n) is 8.31. The van der Waals surface area contributed by atoms with E-state index < -0.39 is 0 Å². The van der Waals surface area contributed by atoms with Crippen LogP contribution in [0.5, 0.6) is 5.75 Å². The lowest BCUT2D eigenvalue weighted by molar-refractivity contribution is 0.0873. The molecule has 1 aromatic rings. The molecule has 1 aromatic carbocycles. The first-order valence-corrected chi connectivity index (χ1v) is 10.1. The van der Waals surface area contributed by atoms with Crippen LogP contribution in [0.1, 0.15) is 37.7 Å². The van der Waals surface area contributed by atoms with Gasteiger partial charge in [-0.3, -0.25) is 4.90 Å². The maximum Gasteiger partial charge on any atom is 0.320 e. The number of rotatable bonds is 3. The van der Waals surface area contributed by atoms with E-state index in [0.717, 1.165) is 58.0 Å². The molecule has 2 amide bonds. The summed E-state index contributed by atoms with van der Waals surface area (Å²) in [4.78, 5) is 19.5. The Labute approximate surface area is 156 Å². The van der Waals surface area contributed by atoms with Gasteiger partial charge in [0.15, 0.2) is 0 Å². The molecule has 0 aromatic heterocycles. The standard InChI is InChI=1S/C21H31N3O2/c1-26-19-7-4-6-18(14-19)15-22-10-5-8-21(16-22)9-13-24(17-21)20(25)23-11-2-3-12-23/h4,6-7,14H,2-3,5,8-13,15-17H2,1H3/t21-/m1/s1. The summed E-state index contributed by atoms with van der Waals surface area (Å²) in [6.45, 7) is 7.00. The topological polar surface area (TPSA) is 36.0 Å². The van der Waals surface area contributed by atoms with E-state index in [9.17, 15) is 4.79 Å². The van der Waals surface area contributed by atoms with Crippen LogP contribution < -0.4 is 4.74 Å². The molecule has 0 saturated carbocycles. The Bertz CT molecular complexity index is 644. The van der Waals surface area contributed by atoms with Gasteiger partial charge in [-0.15, -0.1) is 0 Å². The number of amides is 2. The van der Waals surface area contributed by atoms with Gasteiger partial charge in [-0.2, -0.15) is 0 Å². The van der Waals surface area contributed by atoms with Crippen LogP contribution in [0.2, 0.25) is 0 Å². The molecule has 3 saturated heterocycles. The predicted octanol–water partition coefficient (Wildman–Crippen LogP) is 3.20. The van der Waals surface area contributed by atoms with E-state index in [0.29, 0.717) is 5.41 Å². The monoisotopic (exact) mass is 357 g/mol. The number of benzene rings is 1. The Morgan fingerprint density at radius 3 is 2.69 bits per heavy atom. The van der Waals surface area contributed by atoms with Crippen molar-refractivity contribution in [2.24, 2.45) is 5.41 Å². The first kappa shape index (κ1) is 17.7. The molecule has 0 unspecified atom stereocenters. The first-order chi connectivity index (χ1) is 12.7. The average Bonchev–Trinajstić information content (AvgIpc) is 3.32. The summed E-state index contributed by atoms with van der Waals surface area (Å²) in [6, 6.07) is 8.67. The van der Waals surface area contributed by atoms with E-state index in [4.69, 9.17) is 4.74 Å². The minimum Gasteiger partial charge on any atom is -0.497 e. The molecule has 142 valence electrons. The molecule has 4 rings (SSSR count). The Morgan fingerprint density at radius 2 is 1.88 bits per heavy atom. The fraction of sp³-hybridized carbons (Fsp3) is 0.667. The molecule has 1 atom stereocenters. The zero-order valence-electron chi connectivity index (χ0n) is 16.0. The van der Waals surface area contributed by atoms with Crippen molar-refractivity contribution in [3.05, 3.63) is 29.8 Å². The molecule has 0 bridgehead atoms. The first-order valence-electron chi connectivity index (χ1n) is 10.1. The zero-order valence-corrected chi connectivity index (χ0v) is 16.0. The van der Waals surface area contributed by atoms with Crippen molar-refractivity contribution in [3.8, 4) is 5.75 Å². The van der Waals surface area contributed by atoms with E-state index in [1.54, 1.807) is 7.11 Å². The van der Waals surface area contributed by atoms with Gasteiger partial charge in [-0.25, -0.2) is 4.79 Å². The lowest BCUT2D eigenvalue weighted by Gasteiger charge is -2.40. The van der Waals surface area contributed by atoms with Gasteiger partial charge in [0.1, 0.15) is 5.75 Å². The number of likely N-dealkylation sites (tertiary alicyclic amines) is 3. The summed E-state index contributed by atoms with van der Waals surface area (Å²) in [5.41, 5.74) is 1.61. The van der Waals surface area contributed by atoms with Crippen LogP contribution in [0.15, 0.2) is 24.3 Å². The average molecular weight is 357 g/mol. The van der Waals surface area contributed by atoms with Gasteiger partial charge in [0, 0.05) is 44.7 Å². The Morgan fingerprint density at radius 1 is 1.04 bits per heavy atom. The molecule has 3 aliphatic heterocycles. The van der Waals surface area contributed by atoms with Gasteiger partial charge in [0.05, 0.1) is 7.11 Å². The highest BCUT2D eigenvalue weighted by atomic mass is 16.5. The van der Waals surface area contributed by atoms with E-state index in [1.807, 2.05) is 6.07 Å². The van der Waals surface area contributed by atoms with Crippen LogP contribution in [0.25, 0.3) is 0 Å². The molecule has 1 spiro atoms. The van der Waals surface area contributed by atoms with Crippen molar-refractivity contribution in [1.29, 1.82) is 0 Å². The lowest BCUT2D eigenvalue weighted by atomic mass is 9.79. The van der Waals surface area contributed by atoms with Gasteiger partial charge in [0.25, 0.3) is 0 Å². The van der Waals surface area contributed by atoms with Crippen molar-refractivity contribution in [2.75, 3.05) is 46.4 Å². The quantitative estimate of drug-likeness (QED) is 0.833. The number of piperidine rings is 1. The summed E-state index contributed by atoms with van der Waals surface area (Å²) in [5, 5.41) is 0. The number of methoxy groups -OCH3 is 1. The minimum atomic E-state index is 0.282. The molecule has 5 nitrogen and oxygen atoms in total. The van der Waals surface area contributed by atoms with Crippen molar-refractivity contribution in [1.82, 2.24) is 14.7 Å². The number of urea groups is 1. The Hall–Kier alpha value is -1.75. The maximum absolute atomic E-state index is 12.7. The molecule has 0 N–H and O–H groups in total. The number of carbonyl (C=O) groups excluding carboxylic acids is 1. The van der Waals surface area contributed by atoms with Crippen molar-refractivity contribution >= 4 is 6.03 Å². The third kappa shape index (κ3) is 3.68. The lowest BCUT2D eigenvalue weighted by Crippen LogP contribution is -2.46. The highest BCUT2D eigenvalue weighted by Crippen LogP contribution is 2.40. The molecule has 0 radical (unpaired) electrons. The molecular weight excluding hydrogens is 326 g/mol. The fourth-order valence-electron chi connectivity index (χ4n) is 5.01. The summed E-state index contributed by atoms with van der Waals surface area (Å²) in [7, 11) is 1.72. The number of hydrogen-bond acceptors (Lipinski definition) is 3. The van der Waals surface area contributed by atoms with Crippen molar-refractivity contribution in [3.63, 3.8) is 0 Å². The van der Waals surface area contributed by atoms with Crippen LogP contribution in [-0.2, 0) is 6.54 Å². The summed E-state index contributed by atoms with van der Waals surface area (Å²) < 4.78 is 5.36. The van der Waals surface area contributed by atoms with Crippen LogP contribution in [-0.4, -0.2) is 67.1 Å². The van der Waals surface area contributed by atoms with Crippen LogP contribution in [0.4, 0.5) is 4.79 Å². The van der Waals surface area contributed by atoms with Gasteiger partial charge in [-0.05, 0) is 56.3 Å². The van der Waals surface area contributed by atoms with Crippen LogP contribution >= 0.6 is 0 Å². The van der Waals surface area contributed by atoms with E-state index in [2.05, 4.69) is 32.9 Å². The molecule has 0 aliphatic carbocycles. The number of ether oxygens (including phenoxy) is 1. The SMILES string of the molecule is COc1cccc(CN2CCC[C@@]3(CCN(C(=O)N4CCCC4)C3)C2)c1. The second kappa shape index (κ2) is 7.47. The smallest absolute Gasteiger partial charge is 0.320 e. The van der Waals surface area contributed by atoms with Crippen molar-refractivity contribution < 1.29 is 9.53 Å². The number of carbonyl (C=O) groups is 1. The maximum atomic E-state index is 12.7. The van der Waals surface area contributed by atoms with E-state index in [-0.39, 0.29) is 6.03 Å². The molecule has 3 fully saturated rings. The molecule has 3 heterocycles. The summed E-state index contributed by atoms with van der Waals surface area (Å²) >= 11 is 0. The zero-order chi connectivity index (χ0) is 18.0. The predicted molar refractivity (Wildman–Crippen MR) is 102 cm³/mol. The second-order valence-corrected chi connectivity index (χ2v) is 8.31. The molecule has 5 heteroatoms. The fourth-order valence-corrected chi connectivity index (χ4v) is 5.01. The van der Waals surface area contributed by atoms with Gasteiger partial charge < -0.3 is 14.5 Å². The van der Waals surface area contributed by atoms with Crippen LogP contribution in [0.3, 0.4) is 0 Å². The van der Waals surface area contributed by atoms with Gasteiger partial charge in [0.2, 0.25) is 0 Å². The van der Waals surface area contributed by atoms with Crippen LogP contribution in [0, 0.1) is 5.41 Å². The molecular formula is C21H31N3O2. The highest BCUT2D eigenvalue weighted by molar-refractivity contribution is 5.75. The number of hydrogen-bond donors (Lipinski definition) is 0. The summed E-state index contributed by atoms with van der Waals surface area (Å²) in [5.74, 6) is 0.928. The molecule has 26 heavy (non-hydrogen) atoms. The summed E-state index contributed by atoms with van der Waals surface area (Å²) in [6.07, 6.45) is 5.97. The largest absolute Gasteiger partial charge is 0.497 e. The normalized spacial score (nSPS) is 26.7. The van der Waals surface area contributed by atoms with E-state index in [1.165, 1.54) is 31.2 Å². The molecule has 3 aliphatic rings. The third-order valence-electron chi connectivity index (χ3n) is 6.37. The van der Waals surface area contributed by atoms with Crippen molar-refractivity contribution in [2.45, 2.75) is 38.6 Å². The number of nitrogens with zero attached hydrogens (tertiary/aromatic N) is 3. The Balaban J connectivity index is 1.37. The Kier molecular flexibility index (Phi) is 5.07. The van der Waals surface area contributed by atoms with E-state index >= 15 is 0 Å². The minimum absolute atomic E-state index is 0.282. The van der Waals surface area contributed by atoms with Gasteiger partial charge >= 0.3 is 6.03 Å². The van der Waals surface area contributed by atoms with Gasteiger partial charge in [-0.1, -0.05) is 12.1 Å². The highest BCUT2D eigenvalue weighted by Gasteiger charge is 2.43. The third-order valence-corrected chi connectivity index (χ3v) is 6.37.